The number of aromatic nitrogens is 4. The quantitative estimate of drug-likeness (QED) is 0.376. The second-order valence-corrected chi connectivity index (χ2v) is 9.62. The van der Waals surface area contributed by atoms with E-state index in [-0.39, 0.29) is 6.04 Å². The zero-order valence-corrected chi connectivity index (χ0v) is 21.1. The first-order chi connectivity index (χ1) is 18.0. The third-order valence-corrected chi connectivity index (χ3v) is 7.49. The van der Waals surface area contributed by atoms with Crippen molar-refractivity contribution < 1.29 is 0 Å². The fraction of sp³-hybridized carbons (Fsp3) is 0.241. The molecule has 4 aromatic rings. The van der Waals surface area contributed by atoms with Crippen molar-refractivity contribution in [3.05, 3.63) is 79.1 Å². The van der Waals surface area contributed by atoms with Gasteiger partial charge >= 0.3 is 0 Å². The maximum absolute atomic E-state index is 6.39. The molecule has 8 heteroatoms. The molecule has 0 amide bonds. The fourth-order valence-corrected chi connectivity index (χ4v) is 5.16. The molecule has 8 nitrogen and oxygen atoms in total. The summed E-state index contributed by atoms with van der Waals surface area (Å²) in [5.74, 6) is 1.32. The van der Waals surface area contributed by atoms with Crippen molar-refractivity contribution in [1.29, 1.82) is 0 Å². The van der Waals surface area contributed by atoms with E-state index in [1.54, 1.807) is 0 Å². The maximum Gasteiger partial charge on any atom is 0.164 e. The Morgan fingerprint density at radius 2 is 1.86 bits per heavy atom. The van der Waals surface area contributed by atoms with Gasteiger partial charge in [-0.15, -0.1) is 0 Å². The van der Waals surface area contributed by atoms with Crippen LogP contribution in [0.25, 0.3) is 33.7 Å². The molecule has 1 fully saturated rings. The smallest absolute Gasteiger partial charge is 0.164 e. The van der Waals surface area contributed by atoms with Gasteiger partial charge in [0.25, 0.3) is 0 Å². The van der Waals surface area contributed by atoms with Crippen molar-refractivity contribution in [1.82, 2.24) is 30.0 Å². The molecule has 1 unspecified atom stereocenters. The summed E-state index contributed by atoms with van der Waals surface area (Å²) in [6.07, 6.45) is 4.95. The van der Waals surface area contributed by atoms with Gasteiger partial charge in [0.2, 0.25) is 0 Å². The van der Waals surface area contributed by atoms with Gasteiger partial charge in [0, 0.05) is 35.6 Å². The third-order valence-electron chi connectivity index (χ3n) is 7.49. The molecule has 37 heavy (non-hydrogen) atoms. The molecule has 1 saturated carbocycles. The van der Waals surface area contributed by atoms with Crippen LogP contribution in [0.15, 0.2) is 73.0 Å². The molecule has 1 aliphatic heterocycles. The number of nitrogens with zero attached hydrogens (tertiary/aromatic N) is 6. The molecule has 0 bridgehead atoms. The lowest BCUT2D eigenvalue weighted by molar-refractivity contribution is 0.263. The van der Waals surface area contributed by atoms with E-state index in [1.807, 2.05) is 54.2 Å². The average Bonchev–Trinajstić information content (AvgIpc) is 3.29. The predicted molar refractivity (Wildman–Crippen MR) is 150 cm³/mol. The lowest BCUT2D eigenvalue weighted by Gasteiger charge is -2.44. The van der Waals surface area contributed by atoms with Crippen molar-refractivity contribution in [3.8, 4) is 11.3 Å². The van der Waals surface area contributed by atoms with Gasteiger partial charge in [0.15, 0.2) is 5.65 Å². The van der Waals surface area contributed by atoms with E-state index in [0.29, 0.717) is 17.5 Å². The Bertz CT molecular complexity index is 1560. The molecular weight excluding hydrogens is 460 g/mol. The number of hydrogen-bond acceptors (Lipinski definition) is 7. The molecule has 186 valence electrons. The molecule has 3 heterocycles. The second kappa shape index (κ2) is 8.89. The summed E-state index contributed by atoms with van der Waals surface area (Å²) in [5, 5.41) is 8.89. The van der Waals surface area contributed by atoms with Gasteiger partial charge in [-0.1, -0.05) is 55.6 Å². The monoisotopic (exact) mass is 490 g/mol. The van der Waals surface area contributed by atoms with Crippen LogP contribution in [0, 0.1) is 0 Å². The molecule has 0 saturated heterocycles. The predicted octanol–water partition coefficient (Wildman–Crippen LogP) is 5.40. The van der Waals surface area contributed by atoms with E-state index in [1.165, 1.54) is 12.7 Å². The van der Waals surface area contributed by atoms with Crippen LogP contribution in [0.4, 0.5) is 11.5 Å². The molecule has 6 rings (SSSR count). The molecule has 1 atom stereocenters. The van der Waals surface area contributed by atoms with Crippen LogP contribution in [0.1, 0.15) is 43.4 Å². The van der Waals surface area contributed by atoms with Gasteiger partial charge in [-0.25, -0.2) is 19.6 Å². The Balaban J connectivity index is 1.49. The van der Waals surface area contributed by atoms with Gasteiger partial charge < -0.3 is 16.0 Å². The number of aliphatic imine (C=N–C) groups is 1. The van der Waals surface area contributed by atoms with Crippen LogP contribution < -0.4 is 11.1 Å². The lowest BCUT2D eigenvalue weighted by atomic mass is 9.89. The van der Waals surface area contributed by atoms with Crippen LogP contribution in [-0.2, 0) is 0 Å². The number of benzene rings is 2. The van der Waals surface area contributed by atoms with E-state index in [4.69, 9.17) is 15.8 Å². The molecule has 2 aliphatic rings. The zero-order valence-electron chi connectivity index (χ0n) is 21.1. The summed E-state index contributed by atoms with van der Waals surface area (Å²) >= 11 is 0. The van der Waals surface area contributed by atoms with Crippen molar-refractivity contribution in [2.75, 3.05) is 12.8 Å². The highest BCUT2D eigenvalue weighted by Crippen LogP contribution is 2.41. The minimum atomic E-state index is -0.209. The van der Waals surface area contributed by atoms with Crippen LogP contribution in [-0.4, -0.2) is 43.6 Å². The summed E-state index contributed by atoms with van der Waals surface area (Å²) in [6, 6.07) is 16.5. The van der Waals surface area contributed by atoms with Gasteiger partial charge in [0.05, 0.1) is 11.1 Å². The van der Waals surface area contributed by atoms with Crippen molar-refractivity contribution in [2.45, 2.75) is 38.3 Å². The Morgan fingerprint density at radius 3 is 2.57 bits per heavy atom. The Hall–Kier alpha value is -4.46. The largest absolute Gasteiger partial charge is 0.388 e. The number of nitrogens with one attached hydrogen (secondary N) is 1. The highest BCUT2D eigenvalue weighted by atomic mass is 15.4. The van der Waals surface area contributed by atoms with Crippen LogP contribution in [0.3, 0.4) is 0 Å². The van der Waals surface area contributed by atoms with Gasteiger partial charge in [0.1, 0.15) is 29.7 Å². The summed E-state index contributed by atoms with van der Waals surface area (Å²) in [7, 11) is 1.86. The van der Waals surface area contributed by atoms with E-state index >= 15 is 0 Å². The second-order valence-electron chi connectivity index (χ2n) is 9.62. The number of hydrogen-bond donors (Lipinski definition) is 2. The topological polar surface area (TPSA) is 97.2 Å². The molecule has 1 aliphatic carbocycles. The Kier molecular flexibility index (Phi) is 5.52. The normalized spacial score (nSPS) is 16.2. The summed E-state index contributed by atoms with van der Waals surface area (Å²) in [5.41, 5.74) is 13.6. The standard InChI is InChI=1S/C29H30N8/c1-17(31-4)20-12-14-21(15-13-20)26-25-27(30)32-16-33-29(25)37(35-26)19(3)28-34-24-11-6-5-10-23(24)18(2)36(28)22-8-7-9-22/h5-6,10-16,19,22,31H,1-2,7-9H2,3-4H3,(H2,30,32,33). The van der Waals surface area contributed by atoms with Crippen LogP contribution in [0.5, 0.6) is 0 Å². The number of rotatable bonds is 6. The minimum Gasteiger partial charge on any atom is -0.388 e. The number of amidine groups is 1. The number of nitrogens with two attached hydrogens (primary N) is 1. The van der Waals surface area contributed by atoms with E-state index in [9.17, 15) is 0 Å². The molecule has 2 aromatic carbocycles. The van der Waals surface area contributed by atoms with E-state index < -0.39 is 0 Å². The minimum absolute atomic E-state index is 0.209. The molecular formula is C29H30N8. The van der Waals surface area contributed by atoms with Crippen LogP contribution in [0.2, 0.25) is 0 Å². The SMILES string of the molecule is C=C(NC)c1ccc(-c2nn(C(C)C3=Nc4ccccc4C(=C)N3C3CCC3)c3ncnc(N)c23)cc1. The highest BCUT2D eigenvalue weighted by molar-refractivity contribution is 6.02. The summed E-state index contributed by atoms with van der Waals surface area (Å²) in [6.45, 7) is 10.6. The first-order valence-electron chi connectivity index (χ1n) is 12.6. The molecule has 0 spiro atoms. The van der Waals surface area contributed by atoms with Crippen molar-refractivity contribution in [2.24, 2.45) is 4.99 Å². The summed E-state index contributed by atoms with van der Waals surface area (Å²) in [4.78, 5) is 16.3. The van der Waals surface area contributed by atoms with Gasteiger partial charge in [-0.3, -0.25) is 0 Å². The third kappa shape index (κ3) is 3.67. The van der Waals surface area contributed by atoms with Crippen LogP contribution >= 0.6 is 0 Å². The van der Waals surface area contributed by atoms with Gasteiger partial charge in [-0.05, 0) is 37.8 Å². The molecule has 0 radical (unpaired) electrons. The number of para-hydroxylation sites is 1. The fourth-order valence-electron chi connectivity index (χ4n) is 5.16. The number of nitrogen functional groups attached to an aromatic ring is 1. The summed E-state index contributed by atoms with van der Waals surface area (Å²) < 4.78 is 1.93. The molecule has 3 N–H and O–H groups in total. The number of anilines is 1. The zero-order chi connectivity index (χ0) is 25.7. The Morgan fingerprint density at radius 1 is 1.11 bits per heavy atom. The highest BCUT2D eigenvalue weighted by Gasteiger charge is 2.36. The van der Waals surface area contributed by atoms with Crippen molar-refractivity contribution >= 4 is 39.8 Å². The lowest BCUT2D eigenvalue weighted by Crippen LogP contribution is -2.46. The Labute approximate surface area is 216 Å². The van der Waals surface area contributed by atoms with E-state index in [2.05, 4.69) is 46.3 Å². The molecule has 2 aromatic heterocycles. The number of fused-ring (bicyclic) bond motifs is 2. The van der Waals surface area contributed by atoms with Crippen molar-refractivity contribution in [3.63, 3.8) is 0 Å². The first kappa shape index (κ1) is 23.0. The first-order valence-corrected chi connectivity index (χ1v) is 12.6. The average molecular weight is 491 g/mol. The maximum atomic E-state index is 6.39. The van der Waals surface area contributed by atoms with Gasteiger partial charge in [-0.2, -0.15) is 5.10 Å². The van der Waals surface area contributed by atoms with E-state index in [0.717, 1.165) is 63.5 Å².